The molecule has 0 aromatic heterocycles. The molecule has 7 heteroatoms. The van der Waals surface area contributed by atoms with E-state index in [1.54, 1.807) is 12.1 Å². The number of aryl methyl sites for hydroxylation is 2. The van der Waals surface area contributed by atoms with Gasteiger partial charge in [-0.1, -0.05) is 19.9 Å². The number of hydrogen-bond donors (Lipinski definition) is 3. The second-order valence-corrected chi connectivity index (χ2v) is 7.79. The average molecular weight is 426 g/mol. The van der Waals surface area contributed by atoms with Gasteiger partial charge in [-0.05, 0) is 68.4 Å². The maximum atomic E-state index is 12.8. The third-order valence-corrected chi connectivity index (χ3v) is 5.35. The number of nitrogens with zero attached hydrogens (tertiary/aromatic N) is 2. The van der Waals surface area contributed by atoms with Crippen LogP contribution in [0.15, 0.2) is 36.4 Å². The molecule has 168 valence electrons. The van der Waals surface area contributed by atoms with Crippen LogP contribution >= 0.6 is 0 Å². The number of likely N-dealkylation sites (N-methyl/N-ethyl adjacent to an activating group) is 1. The summed E-state index contributed by atoms with van der Waals surface area (Å²) in [6, 6.07) is 10.8. The highest BCUT2D eigenvalue weighted by atomic mass is 16.2. The number of benzene rings is 2. The minimum Gasteiger partial charge on any atom is -0.377 e. The number of carbonyl (C=O) groups is 2. The summed E-state index contributed by atoms with van der Waals surface area (Å²) in [5, 5.41) is 8.65. The number of hydrogen-bond acceptors (Lipinski definition) is 4. The van der Waals surface area contributed by atoms with Crippen molar-refractivity contribution >= 4 is 29.0 Å². The zero-order valence-corrected chi connectivity index (χ0v) is 19.5. The number of amides is 3. The Morgan fingerprint density at radius 3 is 2.06 bits per heavy atom. The number of urea groups is 1. The van der Waals surface area contributed by atoms with Gasteiger partial charge in [0.25, 0.3) is 5.91 Å². The lowest BCUT2D eigenvalue weighted by Crippen LogP contribution is -2.35. The van der Waals surface area contributed by atoms with E-state index < -0.39 is 0 Å². The molecule has 0 saturated carbocycles. The number of nitrogens with one attached hydrogen (secondary N) is 3. The van der Waals surface area contributed by atoms with Crippen molar-refractivity contribution in [2.45, 2.75) is 27.7 Å². The summed E-state index contributed by atoms with van der Waals surface area (Å²) in [5.74, 6) is -0.158. The molecular weight excluding hydrogens is 390 g/mol. The molecule has 0 fully saturated rings. The van der Waals surface area contributed by atoms with E-state index in [4.69, 9.17) is 0 Å². The Morgan fingerprint density at radius 1 is 0.871 bits per heavy atom. The highest BCUT2D eigenvalue weighted by molar-refractivity contribution is 6.04. The van der Waals surface area contributed by atoms with Gasteiger partial charge >= 0.3 is 6.03 Å². The van der Waals surface area contributed by atoms with Crippen molar-refractivity contribution in [2.75, 3.05) is 55.8 Å². The SMILES string of the molecule is CCN(CC)CCNC(=O)c1cc(NC(=O)Nc2ccc(C)c(C)c2)ccc1N(C)C. The summed E-state index contributed by atoms with van der Waals surface area (Å²) in [5.41, 5.74) is 4.87. The minimum absolute atomic E-state index is 0.158. The van der Waals surface area contributed by atoms with Gasteiger partial charge in [-0.25, -0.2) is 4.79 Å². The fourth-order valence-electron chi connectivity index (χ4n) is 3.26. The van der Waals surface area contributed by atoms with E-state index in [1.807, 2.05) is 57.1 Å². The van der Waals surface area contributed by atoms with Crippen molar-refractivity contribution in [1.29, 1.82) is 0 Å². The normalized spacial score (nSPS) is 10.7. The zero-order valence-electron chi connectivity index (χ0n) is 19.5. The summed E-state index contributed by atoms with van der Waals surface area (Å²) >= 11 is 0. The fraction of sp³-hybridized carbons (Fsp3) is 0.417. The maximum absolute atomic E-state index is 12.8. The molecule has 2 rings (SSSR count). The van der Waals surface area contributed by atoms with Crippen LogP contribution in [0.5, 0.6) is 0 Å². The predicted molar refractivity (Wildman–Crippen MR) is 129 cm³/mol. The predicted octanol–water partition coefficient (Wildman–Crippen LogP) is 4.09. The Bertz CT molecular complexity index is 907. The molecule has 0 saturated heterocycles. The second-order valence-electron chi connectivity index (χ2n) is 7.79. The lowest BCUT2D eigenvalue weighted by molar-refractivity contribution is 0.0949. The highest BCUT2D eigenvalue weighted by Gasteiger charge is 2.15. The molecular formula is C24H35N5O2. The molecule has 3 amide bonds. The zero-order chi connectivity index (χ0) is 23.0. The Kier molecular flexibility index (Phi) is 8.88. The summed E-state index contributed by atoms with van der Waals surface area (Å²) in [7, 11) is 3.78. The molecule has 2 aromatic rings. The van der Waals surface area contributed by atoms with Gasteiger partial charge in [0.2, 0.25) is 0 Å². The van der Waals surface area contributed by atoms with Crippen LogP contribution in [0.3, 0.4) is 0 Å². The van der Waals surface area contributed by atoms with Crippen molar-refractivity contribution < 1.29 is 9.59 Å². The molecule has 0 aliphatic carbocycles. The molecule has 2 aromatic carbocycles. The van der Waals surface area contributed by atoms with Crippen LogP contribution in [-0.2, 0) is 0 Å². The third-order valence-electron chi connectivity index (χ3n) is 5.35. The number of rotatable bonds is 9. The first-order chi connectivity index (χ1) is 14.7. The monoisotopic (exact) mass is 425 g/mol. The van der Waals surface area contributed by atoms with Crippen LogP contribution in [0.25, 0.3) is 0 Å². The van der Waals surface area contributed by atoms with Gasteiger partial charge in [-0.15, -0.1) is 0 Å². The molecule has 0 radical (unpaired) electrons. The van der Waals surface area contributed by atoms with Crippen molar-refractivity contribution in [3.63, 3.8) is 0 Å². The summed E-state index contributed by atoms with van der Waals surface area (Å²) in [6.07, 6.45) is 0. The van der Waals surface area contributed by atoms with Gasteiger partial charge in [0.1, 0.15) is 0 Å². The van der Waals surface area contributed by atoms with Gasteiger partial charge in [-0.2, -0.15) is 0 Å². The lowest BCUT2D eigenvalue weighted by Gasteiger charge is -2.20. The summed E-state index contributed by atoms with van der Waals surface area (Å²) < 4.78 is 0. The van der Waals surface area contributed by atoms with Crippen molar-refractivity contribution in [3.8, 4) is 0 Å². The van der Waals surface area contributed by atoms with Gasteiger partial charge in [0, 0.05) is 44.2 Å². The second kappa shape index (κ2) is 11.4. The summed E-state index contributed by atoms with van der Waals surface area (Å²) in [6.45, 7) is 11.5. The third kappa shape index (κ3) is 7.00. The maximum Gasteiger partial charge on any atom is 0.323 e. The van der Waals surface area contributed by atoms with Crippen LogP contribution in [0.1, 0.15) is 35.3 Å². The molecule has 0 atom stereocenters. The van der Waals surface area contributed by atoms with Crippen LogP contribution in [0.2, 0.25) is 0 Å². The molecule has 0 bridgehead atoms. The van der Waals surface area contributed by atoms with Crippen LogP contribution in [0.4, 0.5) is 21.9 Å². The highest BCUT2D eigenvalue weighted by Crippen LogP contribution is 2.23. The standard InChI is InChI=1S/C24H35N5O2/c1-7-29(8-2)14-13-25-23(30)21-16-20(11-12-22(21)28(5)6)27-24(31)26-19-10-9-17(3)18(4)15-19/h9-12,15-16H,7-8,13-14H2,1-6H3,(H,25,30)(H2,26,27,31). The van der Waals surface area contributed by atoms with Gasteiger partial charge < -0.3 is 25.8 Å². The van der Waals surface area contributed by atoms with Crippen molar-refractivity contribution in [3.05, 3.63) is 53.1 Å². The van der Waals surface area contributed by atoms with E-state index in [0.717, 1.165) is 36.6 Å². The van der Waals surface area contributed by atoms with Gasteiger partial charge in [0.15, 0.2) is 0 Å². The summed E-state index contributed by atoms with van der Waals surface area (Å²) in [4.78, 5) is 29.4. The fourth-order valence-corrected chi connectivity index (χ4v) is 3.26. The molecule has 0 unspecified atom stereocenters. The minimum atomic E-state index is -0.353. The van der Waals surface area contributed by atoms with E-state index in [-0.39, 0.29) is 11.9 Å². The van der Waals surface area contributed by atoms with Crippen LogP contribution < -0.4 is 20.9 Å². The molecule has 7 nitrogen and oxygen atoms in total. The Labute approximate surface area is 185 Å². The topological polar surface area (TPSA) is 76.7 Å². The molecule has 0 aliphatic heterocycles. The molecule has 0 spiro atoms. The van der Waals surface area contributed by atoms with E-state index in [2.05, 4.69) is 34.7 Å². The lowest BCUT2D eigenvalue weighted by atomic mass is 10.1. The van der Waals surface area contributed by atoms with E-state index in [0.29, 0.717) is 17.8 Å². The molecule has 0 heterocycles. The Balaban J connectivity index is 2.09. The molecule has 31 heavy (non-hydrogen) atoms. The van der Waals surface area contributed by atoms with Gasteiger partial charge in [-0.3, -0.25) is 4.79 Å². The Morgan fingerprint density at radius 2 is 1.48 bits per heavy atom. The van der Waals surface area contributed by atoms with Gasteiger partial charge in [0.05, 0.1) is 5.56 Å². The van der Waals surface area contributed by atoms with Crippen LogP contribution in [0, 0.1) is 13.8 Å². The first kappa shape index (κ1) is 24.2. The van der Waals surface area contributed by atoms with Crippen molar-refractivity contribution in [2.24, 2.45) is 0 Å². The van der Waals surface area contributed by atoms with Crippen LogP contribution in [-0.4, -0.2) is 57.1 Å². The molecule has 3 N–H and O–H groups in total. The quantitative estimate of drug-likeness (QED) is 0.566. The first-order valence-electron chi connectivity index (χ1n) is 10.7. The smallest absolute Gasteiger partial charge is 0.323 e. The first-order valence-corrected chi connectivity index (χ1v) is 10.7. The Hall–Kier alpha value is -3.06. The van der Waals surface area contributed by atoms with E-state index in [1.165, 1.54) is 5.56 Å². The van der Waals surface area contributed by atoms with E-state index in [9.17, 15) is 9.59 Å². The largest absolute Gasteiger partial charge is 0.377 e. The van der Waals surface area contributed by atoms with E-state index >= 15 is 0 Å². The molecule has 0 aliphatic rings. The number of anilines is 3. The average Bonchev–Trinajstić information content (AvgIpc) is 2.73. The van der Waals surface area contributed by atoms with Crippen molar-refractivity contribution in [1.82, 2.24) is 10.2 Å². The number of carbonyl (C=O) groups excluding carboxylic acids is 2.